The van der Waals surface area contributed by atoms with Gasteiger partial charge in [-0.05, 0) is 161 Å². The first-order valence-electron chi connectivity index (χ1n) is 28.7. The van der Waals surface area contributed by atoms with Crippen LogP contribution in [0.4, 0.5) is 10.9 Å². The number of thiazole rings is 2. The summed E-state index contributed by atoms with van der Waals surface area (Å²) < 4.78 is 13.8. The molecule has 430 valence electrons. The highest BCUT2D eigenvalue weighted by molar-refractivity contribution is 7.22. The number of likely N-dealkylation sites (tertiary alicyclic amines) is 1. The van der Waals surface area contributed by atoms with E-state index in [0.717, 1.165) is 85.6 Å². The number of carbonyl (C=O) groups excluding carboxylic acids is 4. The van der Waals surface area contributed by atoms with Crippen LogP contribution in [0.3, 0.4) is 0 Å². The van der Waals surface area contributed by atoms with E-state index in [2.05, 4.69) is 69.8 Å². The molecule has 5 heterocycles. The van der Waals surface area contributed by atoms with Gasteiger partial charge in [0.25, 0.3) is 5.91 Å². The summed E-state index contributed by atoms with van der Waals surface area (Å²) in [5.74, 6) is 0.602. The largest absolute Gasteiger partial charge is 0.490 e. The number of hydrogen-bond acceptors (Lipinski definition) is 14. The van der Waals surface area contributed by atoms with E-state index >= 15 is 0 Å². The molecule has 4 atom stereocenters. The fourth-order valence-electron chi connectivity index (χ4n) is 11.6. The quantitative estimate of drug-likeness (QED) is 0.0672. The summed E-state index contributed by atoms with van der Waals surface area (Å²) in [6, 6.07) is 30.6. The fourth-order valence-corrected chi connectivity index (χ4v) is 13.3. The molecule has 3 amide bonds. The molecule has 4 aromatic carbocycles. The van der Waals surface area contributed by atoms with Crippen molar-refractivity contribution < 1.29 is 33.8 Å². The monoisotopic (exact) mass is 1140 g/mol. The zero-order valence-electron chi connectivity index (χ0n) is 48.5. The van der Waals surface area contributed by atoms with E-state index in [-0.39, 0.29) is 52.9 Å². The molecule has 1 saturated heterocycles. The first-order chi connectivity index (χ1) is 39.1. The predicted octanol–water partition coefficient (Wildman–Crippen LogP) is 12.0. The van der Waals surface area contributed by atoms with Crippen LogP contribution in [-0.4, -0.2) is 98.2 Å². The molecular weight excluding hydrogens is 1070 g/mol. The molecule has 4 N–H and O–H groups in total. The van der Waals surface area contributed by atoms with E-state index in [1.807, 2.05) is 131 Å². The van der Waals surface area contributed by atoms with Gasteiger partial charge in [0.1, 0.15) is 17.2 Å². The van der Waals surface area contributed by atoms with Crippen molar-refractivity contribution in [2.75, 3.05) is 29.9 Å². The van der Waals surface area contributed by atoms with Crippen molar-refractivity contribution in [3.63, 3.8) is 0 Å². The SMILES string of the molecule is Cc1ncsc1-c1ccc([C@H](C)NC(=O)[C@@H]2C[C@@H](O)CN2CC(NC(=O)CC2CCC(Oc3cccc(-c4ccc(N5CCc6cccc(C(=O)Nc7nc8ccccc8s7)c6C5)nc4C(=O)OC(C)(C)C)c3C)CC2)C(C)(C)C)cc1. The molecule has 82 heavy (non-hydrogen) atoms. The summed E-state index contributed by atoms with van der Waals surface area (Å²) in [6.45, 7) is 19.7. The molecule has 0 bridgehead atoms. The van der Waals surface area contributed by atoms with Crippen LogP contribution in [0.2, 0.25) is 0 Å². The fraction of sp³-hybridized carbons (Fsp3) is 0.431. The molecule has 0 spiro atoms. The van der Waals surface area contributed by atoms with Crippen molar-refractivity contribution in [3.8, 4) is 27.3 Å². The van der Waals surface area contributed by atoms with Gasteiger partial charge in [0.2, 0.25) is 11.8 Å². The summed E-state index contributed by atoms with van der Waals surface area (Å²) in [5, 5.41) is 21.0. The lowest BCUT2D eigenvalue weighted by atomic mass is 9.83. The molecule has 1 unspecified atom stereocenters. The second-order valence-corrected chi connectivity index (χ2v) is 26.4. The van der Waals surface area contributed by atoms with Gasteiger partial charge in [-0.15, -0.1) is 11.3 Å². The minimum atomic E-state index is -0.770. The maximum atomic E-state index is 14.2. The lowest BCUT2D eigenvalue weighted by Crippen LogP contribution is -2.54. The van der Waals surface area contributed by atoms with E-state index < -0.39 is 23.7 Å². The van der Waals surface area contributed by atoms with Crippen LogP contribution in [0.5, 0.6) is 5.75 Å². The molecule has 3 aromatic heterocycles. The highest BCUT2D eigenvalue weighted by Gasteiger charge is 2.40. The number of benzene rings is 4. The number of para-hydroxylation sites is 1. The van der Waals surface area contributed by atoms with Crippen molar-refractivity contribution in [1.29, 1.82) is 0 Å². The Labute approximate surface area is 489 Å². The smallest absolute Gasteiger partial charge is 0.358 e. The third-order valence-electron chi connectivity index (χ3n) is 16.2. The average Bonchev–Trinajstić information content (AvgIpc) is 4.30. The summed E-state index contributed by atoms with van der Waals surface area (Å²) in [4.78, 5) is 75.2. The number of aromatic nitrogens is 3. The average molecular weight is 1150 g/mol. The standard InChI is InChI=1S/C65H76N8O7S2/c1-38-47(48-28-29-56(70-58(48)62(78)80-65(7,8)9)72-31-30-43-14-12-16-49(50(43)35-72)60(76)71-63-68-51-17-10-11-19-54(51)82-63)15-13-18-53(38)79-46-26-20-41(21-27-46)32-57(75)69-55(64(4,5)6)36-73-34-45(74)33-52(73)61(77)67-39(2)42-22-24-44(25-23-42)59-40(3)66-37-81-59/h10-19,22-25,28-29,37,39,41,45-46,52,55,74H,20-21,26-27,30-36H2,1-9H3,(H,67,77)(H,69,75)(H,68,71,76)/t39-,41?,45+,46?,52-,55?/m0/s1. The summed E-state index contributed by atoms with van der Waals surface area (Å²) in [7, 11) is 0. The zero-order chi connectivity index (χ0) is 58.0. The Balaban J connectivity index is 0.760. The summed E-state index contributed by atoms with van der Waals surface area (Å²) in [6.07, 6.45) is 3.92. The first-order valence-corrected chi connectivity index (χ1v) is 30.4. The number of esters is 1. The van der Waals surface area contributed by atoms with Crippen LogP contribution >= 0.6 is 22.7 Å². The lowest BCUT2D eigenvalue weighted by Gasteiger charge is -2.37. The van der Waals surface area contributed by atoms with Crippen molar-refractivity contribution in [3.05, 3.63) is 142 Å². The normalized spacial score (nSPS) is 19.3. The summed E-state index contributed by atoms with van der Waals surface area (Å²) in [5.41, 5.74) is 9.76. The number of β-amino-alcohol motifs (C(OH)–C–C–N with tert-alkyl or cyclic N) is 1. The molecule has 0 radical (unpaired) electrons. The Morgan fingerprint density at radius 3 is 2.32 bits per heavy atom. The maximum absolute atomic E-state index is 14.2. The van der Waals surface area contributed by atoms with Crippen molar-refractivity contribution in [2.24, 2.45) is 11.3 Å². The van der Waals surface area contributed by atoms with Gasteiger partial charge < -0.3 is 30.1 Å². The van der Waals surface area contributed by atoms with Gasteiger partial charge in [0.15, 0.2) is 10.8 Å². The number of amides is 3. The molecule has 7 aromatic rings. The molecule has 1 aliphatic carbocycles. The van der Waals surface area contributed by atoms with Gasteiger partial charge >= 0.3 is 5.97 Å². The third-order valence-corrected chi connectivity index (χ3v) is 18.2. The molecule has 2 aliphatic heterocycles. The predicted molar refractivity (Wildman–Crippen MR) is 326 cm³/mol. The Hall–Kier alpha value is -7.05. The van der Waals surface area contributed by atoms with Crippen LogP contribution < -0.4 is 25.6 Å². The van der Waals surface area contributed by atoms with Crippen LogP contribution in [-0.2, 0) is 27.3 Å². The highest BCUT2D eigenvalue weighted by Crippen LogP contribution is 2.38. The van der Waals surface area contributed by atoms with Gasteiger partial charge in [-0.3, -0.25) is 24.6 Å². The Morgan fingerprint density at radius 1 is 0.841 bits per heavy atom. The Morgan fingerprint density at radius 2 is 1.60 bits per heavy atom. The van der Waals surface area contributed by atoms with Gasteiger partial charge in [-0.1, -0.05) is 92.8 Å². The highest BCUT2D eigenvalue weighted by atomic mass is 32.1. The van der Waals surface area contributed by atoms with E-state index in [4.69, 9.17) is 14.5 Å². The number of rotatable bonds is 16. The van der Waals surface area contributed by atoms with E-state index in [1.165, 1.54) is 11.3 Å². The van der Waals surface area contributed by atoms with E-state index in [9.17, 15) is 24.3 Å². The number of fused-ring (bicyclic) bond motifs is 2. The van der Waals surface area contributed by atoms with E-state index in [0.29, 0.717) is 67.5 Å². The second kappa shape index (κ2) is 24.4. The maximum Gasteiger partial charge on any atom is 0.358 e. The summed E-state index contributed by atoms with van der Waals surface area (Å²) >= 11 is 3.05. The number of aliphatic hydroxyl groups excluding tert-OH is 1. The Kier molecular flexibility index (Phi) is 17.3. The van der Waals surface area contributed by atoms with Crippen molar-refractivity contribution >= 4 is 67.5 Å². The topological polar surface area (TPSA) is 188 Å². The van der Waals surface area contributed by atoms with E-state index in [1.54, 1.807) is 11.3 Å². The molecule has 15 nitrogen and oxygen atoms in total. The van der Waals surface area contributed by atoms with Crippen LogP contribution in [0, 0.1) is 25.2 Å². The van der Waals surface area contributed by atoms with Gasteiger partial charge in [-0.25, -0.2) is 19.7 Å². The number of nitrogens with zero attached hydrogens (tertiary/aromatic N) is 5. The van der Waals surface area contributed by atoms with Gasteiger partial charge in [0.05, 0.1) is 50.6 Å². The molecule has 2 fully saturated rings. The molecule has 1 saturated carbocycles. The van der Waals surface area contributed by atoms with Crippen molar-refractivity contribution in [1.82, 2.24) is 30.5 Å². The number of ether oxygens (including phenoxy) is 2. The van der Waals surface area contributed by atoms with Crippen LogP contribution in [0.25, 0.3) is 31.8 Å². The number of aryl methyl sites for hydroxylation is 1. The first kappa shape index (κ1) is 58.2. The van der Waals surface area contributed by atoms with Gasteiger partial charge in [0, 0.05) is 49.8 Å². The lowest BCUT2D eigenvalue weighted by molar-refractivity contribution is -0.126. The molecule has 17 heteroatoms. The second-order valence-electron chi connectivity index (χ2n) is 24.5. The number of carbonyl (C=O) groups is 4. The molecule has 10 rings (SSSR count). The molecular formula is C65H76N8O7S2. The van der Waals surface area contributed by atoms with Crippen molar-refractivity contribution in [2.45, 2.75) is 150 Å². The van der Waals surface area contributed by atoms with Crippen LogP contribution in [0.1, 0.15) is 142 Å². The number of nitrogens with one attached hydrogen (secondary N) is 3. The number of aliphatic hydroxyl groups is 1. The number of pyridine rings is 1. The van der Waals surface area contributed by atoms with Gasteiger partial charge in [-0.2, -0.15) is 0 Å². The zero-order valence-corrected chi connectivity index (χ0v) is 50.1. The van der Waals surface area contributed by atoms with Crippen LogP contribution in [0.15, 0.2) is 103 Å². The minimum absolute atomic E-state index is 0.0154. The Bertz CT molecular complexity index is 3430. The number of hydrogen-bond donors (Lipinski definition) is 4. The third kappa shape index (κ3) is 13.5. The minimum Gasteiger partial charge on any atom is -0.490 e. The number of anilines is 2. The molecule has 3 aliphatic rings.